The Balaban J connectivity index is 0.00000256. The highest BCUT2D eigenvalue weighted by molar-refractivity contribution is 5.85. The predicted molar refractivity (Wildman–Crippen MR) is 74.3 cm³/mol. The van der Waals surface area contributed by atoms with Gasteiger partial charge in [-0.15, -0.1) is 12.4 Å². The molecule has 1 aliphatic carbocycles. The molecule has 0 spiro atoms. The summed E-state index contributed by atoms with van der Waals surface area (Å²) in [4.78, 5) is 12.0. The summed E-state index contributed by atoms with van der Waals surface area (Å²) in [6.45, 7) is 4.29. The number of carbonyl (C=O) groups is 1. The van der Waals surface area contributed by atoms with Crippen molar-refractivity contribution in [2.75, 3.05) is 0 Å². The van der Waals surface area contributed by atoms with Gasteiger partial charge in [-0.3, -0.25) is 4.79 Å². The Hall–Kier alpha value is -0.280. The SMILES string of the molecule is CCCC(CC)NC(=O)C1CCCC(N)C1.Cl. The molecule has 0 radical (unpaired) electrons. The summed E-state index contributed by atoms with van der Waals surface area (Å²) in [6.07, 6.45) is 7.30. The number of amides is 1. The Kier molecular flexibility index (Phi) is 8.61. The summed E-state index contributed by atoms with van der Waals surface area (Å²) in [7, 11) is 0. The van der Waals surface area contributed by atoms with Gasteiger partial charge in [-0.2, -0.15) is 0 Å². The molecule has 4 heteroatoms. The lowest BCUT2D eigenvalue weighted by Crippen LogP contribution is -2.42. The van der Waals surface area contributed by atoms with Gasteiger partial charge in [-0.1, -0.05) is 26.7 Å². The number of nitrogens with two attached hydrogens (primary N) is 1. The van der Waals surface area contributed by atoms with Gasteiger partial charge in [0.2, 0.25) is 5.91 Å². The number of nitrogens with one attached hydrogen (secondary N) is 1. The average molecular weight is 263 g/mol. The molecule has 1 aliphatic rings. The van der Waals surface area contributed by atoms with Crippen LogP contribution in [0.3, 0.4) is 0 Å². The van der Waals surface area contributed by atoms with Crippen LogP contribution in [0.4, 0.5) is 0 Å². The van der Waals surface area contributed by atoms with Gasteiger partial charge in [-0.05, 0) is 32.1 Å². The first-order valence-electron chi connectivity index (χ1n) is 6.73. The minimum absolute atomic E-state index is 0. The van der Waals surface area contributed by atoms with Gasteiger partial charge in [0.15, 0.2) is 0 Å². The highest BCUT2D eigenvalue weighted by Crippen LogP contribution is 2.23. The summed E-state index contributed by atoms with van der Waals surface area (Å²) in [5.74, 6) is 0.394. The first-order valence-corrected chi connectivity index (χ1v) is 6.73. The van der Waals surface area contributed by atoms with Crippen LogP contribution in [0, 0.1) is 5.92 Å². The maximum Gasteiger partial charge on any atom is 0.223 e. The van der Waals surface area contributed by atoms with Gasteiger partial charge in [0.25, 0.3) is 0 Å². The molecule has 17 heavy (non-hydrogen) atoms. The van der Waals surface area contributed by atoms with E-state index in [1.54, 1.807) is 0 Å². The van der Waals surface area contributed by atoms with Crippen molar-refractivity contribution in [1.29, 1.82) is 0 Å². The maximum absolute atomic E-state index is 12.0. The van der Waals surface area contributed by atoms with E-state index >= 15 is 0 Å². The molecule has 1 amide bonds. The molecule has 3 unspecified atom stereocenters. The zero-order valence-electron chi connectivity index (χ0n) is 11.1. The van der Waals surface area contributed by atoms with Crippen molar-refractivity contribution in [2.45, 2.75) is 70.9 Å². The molecule has 102 valence electrons. The van der Waals surface area contributed by atoms with Gasteiger partial charge in [0.05, 0.1) is 0 Å². The molecule has 3 N–H and O–H groups in total. The highest BCUT2D eigenvalue weighted by atomic mass is 35.5. The maximum atomic E-state index is 12.0. The Morgan fingerprint density at radius 3 is 2.65 bits per heavy atom. The summed E-state index contributed by atoms with van der Waals surface area (Å²) in [5, 5.41) is 3.16. The molecule has 1 rings (SSSR count). The van der Waals surface area contributed by atoms with Crippen molar-refractivity contribution in [3.63, 3.8) is 0 Å². The minimum Gasteiger partial charge on any atom is -0.353 e. The Bertz CT molecular complexity index is 223. The van der Waals surface area contributed by atoms with Crippen LogP contribution in [0.5, 0.6) is 0 Å². The van der Waals surface area contributed by atoms with Crippen molar-refractivity contribution in [3.8, 4) is 0 Å². The van der Waals surface area contributed by atoms with E-state index in [1.165, 1.54) is 0 Å². The first kappa shape index (κ1) is 16.7. The van der Waals surface area contributed by atoms with E-state index in [4.69, 9.17) is 5.73 Å². The van der Waals surface area contributed by atoms with Crippen LogP contribution in [-0.4, -0.2) is 18.0 Å². The van der Waals surface area contributed by atoms with Crippen molar-refractivity contribution in [2.24, 2.45) is 11.7 Å². The molecular weight excluding hydrogens is 236 g/mol. The van der Waals surface area contributed by atoms with Gasteiger partial charge < -0.3 is 11.1 Å². The standard InChI is InChI=1S/C13H26N2O.ClH/c1-3-6-12(4-2)15-13(16)10-7-5-8-11(14)9-10;/h10-12H,3-9,14H2,1-2H3,(H,15,16);1H. The fourth-order valence-corrected chi connectivity index (χ4v) is 2.51. The first-order chi connectivity index (χ1) is 7.67. The molecule has 0 aliphatic heterocycles. The molecule has 0 saturated heterocycles. The van der Waals surface area contributed by atoms with Crippen LogP contribution in [-0.2, 0) is 4.79 Å². The van der Waals surface area contributed by atoms with Gasteiger partial charge in [0.1, 0.15) is 0 Å². The van der Waals surface area contributed by atoms with Crippen LogP contribution in [0.2, 0.25) is 0 Å². The molecule has 1 saturated carbocycles. The van der Waals surface area contributed by atoms with E-state index in [0.717, 1.165) is 44.9 Å². The fraction of sp³-hybridized carbons (Fsp3) is 0.923. The van der Waals surface area contributed by atoms with E-state index in [2.05, 4.69) is 19.2 Å². The zero-order valence-corrected chi connectivity index (χ0v) is 11.9. The third-order valence-electron chi connectivity index (χ3n) is 3.56. The van der Waals surface area contributed by atoms with E-state index in [9.17, 15) is 4.79 Å². The van der Waals surface area contributed by atoms with Crippen LogP contribution in [0.15, 0.2) is 0 Å². The monoisotopic (exact) mass is 262 g/mol. The van der Waals surface area contributed by atoms with Crippen molar-refractivity contribution >= 4 is 18.3 Å². The quantitative estimate of drug-likeness (QED) is 0.800. The average Bonchev–Trinajstić information content (AvgIpc) is 2.28. The Morgan fingerprint density at radius 2 is 2.12 bits per heavy atom. The zero-order chi connectivity index (χ0) is 12.0. The lowest BCUT2D eigenvalue weighted by atomic mass is 9.85. The molecule has 1 fully saturated rings. The van der Waals surface area contributed by atoms with E-state index < -0.39 is 0 Å². The summed E-state index contributed by atoms with van der Waals surface area (Å²) < 4.78 is 0. The van der Waals surface area contributed by atoms with Crippen LogP contribution in [0.1, 0.15) is 58.8 Å². The van der Waals surface area contributed by atoms with E-state index in [1.807, 2.05) is 0 Å². The third-order valence-corrected chi connectivity index (χ3v) is 3.56. The molecule has 0 aromatic heterocycles. The van der Waals surface area contributed by atoms with Gasteiger partial charge in [-0.25, -0.2) is 0 Å². The van der Waals surface area contributed by atoms with E-state index in [-0.39, 0.29) is 30.3 Å². The predicted octanol–water partition coefficient (Wildman–Crippen LogP) is 2.62. The topological polar surface area (TPSA) is 55.1 Å². The molecule has 0 aromatic carbocycles. The van der Waals surface area contributed by atoms with Gasteiger partial charge >= 0.3 is 0 Å². The molecule has 0 bridgehead atoms. The van der Waals surface area contributed by atoms with E-state index in [0.29, 0.717) is 6.04 Å². The summed E-state index contributed by atoms with van der Waals surface area (Å²) in [5.41, 5.74) is 5.90. The largest absolute Gasteiger partial charge is 0.353 e. The second-order valence-corrected chi connectivity index (χ2v) is 5.03. The molecule has 3 nitrogen and oxygen atoms in total. The molecule has 3 atom stereocenters. The molecule has 0 aromatic rings. The summed E-state index contributed by atoms with van der Waals surface area (Å²) >= 11 is 0. The fourth-order valence-electron chi connectivity index (χ4n) is 2.51. The van der Waals surface area contributed by atoms with Crippen LogP contribution in [0.25, 0.3) is 0 Å². The molecule has 0 heterocycles. The second-order valence-electron chi connectivity index (χ2n) is 5.03. The Labute approximate surface area is 111 Å². The normalized spacial score (nSPS) is 25.8. The minimum atomic E-state index is 0. The summed E-state index contributed by atoms with van der Waals surface area (Å²) in [6, 6.07) is 0.589. The lowest BCUT2D eigenvalue weighted by Gasteiger charge is -2.27. The molecular formula is C13H27ClN2O. The number of carbonyl (C=O) groups excluding carboxylic acids is 1. The number of halogens is 1. The van der Waals surface area contributed by atoms with Crippen molar-refractivity contribution < 1.29 is 4.79 Å². The number of hydrogen-bond acceptors (Lipinski definition) is 2. The second kappa shape index (κ2) is 8.76. The van der Waals surface area contributed by atoms with Crippen LogP contribution < -0.4 is 11.1 Å². The Morgan fingerprint density at radius 1 is 1.41 bits per heavy atom. The third kappa shape index (κ3) is 5.73. The van der Waals surface area contributed by atoms with Crippen LogP contribution >= 0.6 is 12.4 Å². The number of rotatable bonds is 5. The van der Waals surface area contributed by atoms with Gasteiger partial charge in [0, 0.05) is 18.0 Å². The van der Waals surface area contributed by atoms with Crippen molar-refractivity contribution in [1.82, 2.24) is 5.32 Å². The highest BCUT2D eigenvalue weighted by Gasteiger charge is 2.26. The smallest absolute Gasteiger partial charge is 0.223 e. The lowest BCUT2D eigenvalue weighted by molar-refractivity contribution is -0.126. The number of hydrogen-bond donors (Lipinski definition) is 2. The van der Waals surface area contributed by atoms with Crippen molar-refractivity contribution in [3.05, 3.63) is 0 Å².